The molecule has 3 nitrogen and oxygen atoms in total. The van der Waals surface area contributed by atoms with Gasteiger partial charge in [0.05, 0.1) is 0 Å². The number of halogens is 1. The lowest BCUT2D eigenvalue weighted by Gasteiger charge is -2.15. The van der Waals surface area contributed by atoms with E-state index in [1.165, 1.54) is 18.4 Å². The minimum Gasteiger partial charge on any atom is -0.454 e. The number of nitrogens with one attached hydrogen (secondary N) is 1. The topological polar surface area (TPSA) is 30.5 Å². The van der Waals surface area contributed by atoms with Gasteiger partial charge in [-0.25, -0.2) is 0 Å². The minimum atomic E-state index is 0.339. The van der Waals surface area contributed by atoms with Crippen molar-refractivity contribution in [1.82, 2.24) is 5.32 Å². The first-order valence-corrected chi connectivity index (χ1v) is 5.97. The summed E-state index contributed by atoms with van der Waals surface area (Å²) in [6.07, 6.45) is 2.39. The molecule has 1 saturated heterocycles. The third kappa shape index (κ3) is 1.52. The van der Waals surface area contributed by atoms with E-state index in [2.05, 4.69) is 21.2 Å². The van der Waals surface area contributed by atoms with Gasteiger partial charge in [0.1, 0.15) is 0 Å². The normalized spacial score (nSPS) is 23.4. The third-order valence-corrected chi connectivity index (χ3v) is 3.62. The van der Waals surface area contributed by atoms with E-state index < -0.39 is 0 Å². The largest absolute Gasteiger partial charge is 0.454 e. The Morgan fingerprint density at radius 2 is 2.27 bits per heavy atom. The molecule has 0 radical (unpaired) electrons. The van der Waals surface area contributed by atoms with Gasteiger partial charge < -0.3 is 14.8 Å². The fourth-order valence-corrected chi connectivity index (χ4v) is 2.81. The van der Waals surface area contributed by atoms with Crippen LogP contribution < -0.4 is 14.8 Å². The first-order chi connectivity index (χ1) is 7.36. The predicted octanol–water partition coefficient (Wildman–Crippen LogP) is 2.60. The van der Waals surface area contributed by atoms with Crippen molar-refractivity contribution in [3.8, 4) is 11.5 Å². The number of rotatable bonds is 1. The maximum atomic E-state index is 5.53. The molecule has 0 aromatic heterocycles. The Balaban J connectivity index is 2.08. The molecule has 3 rings (SSSR count). The van der Waals surface area contributed by atoms with E-state index in [9.17, 15) is 0 Å². The summed E-state index contributed by atoms with van der Waals surface area (Å²) in [4.78, 5) is 0. The quantitative estimate of drug-likeness (QED) is 0.850. The molecule has 1 fully saturated rings. The smallest absolute Gasteiger partial charge is 0.231 e. The summed E-state index contributed by atoms with van der Waals surface area (Å²) in [6, 6.07) is 4.38. The minimum absolute atomic E-state index is 0.339. The van der Waals surface area contributed by atoms with Gasteiger partial charge >= 0.3 is 0 Å². The van der Waals surface area contributed by atoms with E-state index in [1.807, 2.05) is 12.1 Å². The van der Waals surface area contributed by atoms with E-state index in [0.29, 0.717) is 12.8 Å². The molecule has 1 N–H and O–H groups in total. The average molecular weight is 270 g/mol. The highest BCUT2D eigenvalue weighted by molar-refractivity contribution is 9.10. The van der Waals surface area contributed by atoms with Crippen LogP contribution in [-0.4, -0.2) is 13.3 Å². The molecule has 0 amide bonds. The Bertz CT molecular complexity index is 388. The third-order valence-electron chi connectivity index (χ3n) is 2.93. The van der Waals surface area contributed by atoms with Crippen LogP contribution in [0.1, 0.15) is 24.4 Å². The molecular weight excluding hydrogens is 258 g/mol. The van der Waals surface area contributed by atoms with Gasteiger partial charge in [0.15, 0.2) is 11.5 Å². The van der Waals surface area contributed by atoms with Crippen LogP contribution in [0.15, 0.2) is 16.6 Å². The average Bonchev–Trinajstić information content (AvgIpc) is 2.85. The van der Waals surface area contributed by atoms with Gasteiger partial charge in [0, 0.05) is 16.1 Å². The summed E-state index contributed by atoms with van der Waals surface area (Å²) in [6.45, 7) is 1.42. The summed E-state index contributed by atoms with van der Waals surface area (Å²) in [5.41, 5.74) is 1.21. The Hall–Kier alpha value is -0.740. The molecule has 4 heteroatoms. The van der Waals surface area contributed by atoms with Crippen LogP contribution in [0.4, 0.5) is 0 Å². The molecule has 15 heavy (non-hydrogen) atoms. The molecule has 1 aromatic rings. The monoisotopic (exact) mass is 269 g/mol. The molecule has 0 spiro atoms. The lowest BCUT2D eigenvalue weighted by Crippen LogP contribution is -2.14. The van der Waals surface area contributed by atoms with Crippen molar-refractivity contribution in [3.05, 3.63) is 22.2 Å². The highest BCUT2D eigenvalue weighted by Crippen LogP contribution is 2.44. The van der Waals surface area contributed by atoms with Crippen LogP contribution >= 0.6 is 15.9 Å². The molecule has 2 heterocycles. The highest BCUT2D eigenvalue weighted by Gasteiger charge is 2.27. The maximum Gasteiger partial charge on any atom is 0.231 e. The molecule has 2 aliphatic heterocycles. The molecule has 2 aliphatic rings. The number of ether oxygens (including phenoxy) is 2. The fraction of sp³-hybridized carbons (Fsp3) is 0.455. The van der Waals surface area contributed by atoms with E-state index in [1.54, 1.807) is 0 Å². The molecule has 0 bridgehead atoms. The van der Waals surface area contributed by atoms with Crippen molar-refractivity contribution in [2.45, 2.75) is 18.9 Å². The number of hydrogen-bond donors (Lipinski definition) is 1. The second-order valence-electron chi connectivity index (χ2n) is 3.84. The van der Waals surface area contributed by atoms with Gasteiger partial charge in [-0.1, -0.05) is 15.9 Å². The highest BCUT2D eigenvalue weighted by atomic mass is 79.9. The number of benzene rings is 1. The van der Waals surface area contributed by atoms with Crippen molar-refractivity contribution < 1.29 is 9.47 Å². The number of hydrogen-bond acceptors (Lipinski definition) is 3. The van der Waals surface area contributed by atoms with Gasteiger partial charge in [0.25, 0.3) is 0 Å². The summed E-state index contributed by atoms with van der Waals surface area (Å²) in [5.74, 6) is 1.77. The second kappa shape index (κ2) is 3.68. The van der Waals surface area contributed by atoms with Crippen LogP contribution in [0.3, 0.4) is 0 Å². The van der Waals surface area contributed by atoms with Crippen LogP contribution in [0.25, 0.3) is 0 Å². The molecule has 0 saturated carbocycles. The molecule has 0 aliphatic carbocycles. The Morgan fingerprint density at radius 3 is 3.07 bits per heavy atom. The summed E-state index contributed by atoms with van der Waals surface area (Å²) < 4.78 is 12.0. The van der Waals surface area contributed by atoms with Crippen LogP contribution in [0.5, 0.6) is 11.5 Å². The summed E-state index contributed by atoms with van der Waals surface area (Å²) in [5, 5.41) is 3.48. The first kappa shape index (κ1) is 9.48. The Morgan fingerprint density at radius 1 is 1.33 bits per heavy atom. The second-order valence-corrected chi connectivity index (χ2v) is 4.70. The van der Waals surface area contributed by atoms with Gasteiger partial charge in [-0.15, -0.1) is 0 Å². The zero-order valence-corrected chi connectivity index (χ0v) is 9.84. The summed E-state index contributed by atoms with van der Waals surface area (Å²) in [7, 11) is 0. The van der Waals surface area contributed by atoms with Crippen molar-refractivity contribution in [1.29, 1.82) is 0 Å². The van der Waals surface area contributed by atoms with Crippen molar-refractivity contribution >= 4 is 15.9 Å². The van der Waals surface area contributed by atoms with Crippen LogP contribution in [0.2, 0.25) is 0 Å². The molecule has 1 atom stereocenters. The van der Waals surface area contributed by atoms with E-state index in [-0.39, 0.29) is 0 Å². The lowest BCUT2D eigenvalue weighted by molar-refractivity contribution is 0.173. The van der Waals surface area contributed by atoms with Crippen molar-refractivity contribution in [2.24, 2.45) is 0 Å². The molecule has 80 valence electrons. The Labute approximate surface area is 96.9 Å². The SMILES string of the molecule is Brc1ccc2c(c1C1CCCN1)OCO2. The zero-order chi connectivity index (χ0) is 10.3. The van der Waals surface area contributed by atoms with Gasteiger partial charge in [0.2, 0.25) is 6.79 Å². The zero-order valence-electron chi connectivity index (χ0n) is 8.25. The standard InChI is InChI=1S/C11H12BrNO2/c12-7-3-4-9-11(15-6-14-9)10(7)8-2-1-5-13-8/h3-4,8,13H,1-2,5-6H2. The van der Waals surface area contributed by atoms with Crippen LogP contribution in [0, 0.1) is 0 Å². The first-order valence-electron chi connectivity index (χ1n) is 5.17. The van der Waals surface area contributed by atoms with Gasteiger partial charge in [-0.3, -0.25) is 0 Å². The molecule has 1 aromatic carbocycles. The van der Waals surface area contributed by atoms with Crippen molar-refractivity contribution in [3.63, 3.8) is 0 Å². The molecule has 1 unspecified atom stereocenters. The van der Waals surface area contributed by atoms with E-state index in [4.69, 9.17) is 9.47 Å². The van der Waals surface area contributed by atoms with E-state index >= 15 is 0 Å². The van der Waals surface area contributed by atoms with Gasteiger partial charge in [-0.05, 0) is 31.5 Å². The number of fused-ring (bicyclic) bond motifs is 1. The van der Waals surface area contributed by atoms with Crippen molar-refractivity contribution in [2.75, 3.05) is 13.3 Å². The Kier molecular flexibility index (Phi) is 2.33. The van der Waals surface area contributed by atoms with Gasteiger partial charge in [-0.2, -0.15) is 0 Å². The predicted molar refractivity (Wildman–Crippen MR) is 60.2 cm³/mol. The van der Waals surface area contributed by atoms with Crippen LogP contribution in [-0.2, 0) is 0 Å². The molecular formula is C11H12BrNO2. The summed E-state index contributed by atoms with van der Waals surface area (Å²) >= 11 is 3.58. The lowest BCUT2D eigenvalue weighted by atomic mass is 10.0. The fourth-order valence-electron chi connectivity index (χ4n) is 2.23. The van der Waals surface area contributed by atoms with E-state index in [0.717, 1.165) is 22.5 Å². The maximum absolute atomic E-state index is 5.53.